The second-order valence-electron chi connectivity index (χ2n) is 4.62. The van der Waals surface area contributed by atoms with Gasteiger partial charge in [-0.25, -0.2) is 0 Å². The maximum absolute atomic E-state index is 12.4. The first kappa shape index (κ1) is 12.8. The molecule has 1 aromatic carbocycles. The molecule has 16 heavy (non-hydrogen) atoms. The molecule has 0 saturated carbocycles. The zero-order chi connectivity index (χ0) is 12.2. The van der Waals surface area contributed by atoms with E-state index < -0.39 is 0 Å². The summed E-state index contributed by atoms with van der Waals surface area (Å²) >= 11 is 0. The number of amides is 1. The molecule has 0 spiro atoms. The molecular weight excluding hydrogens is 198 g/mol. The fourth-order valence-corrected chi connectivity index (χ4v) is 1.57. The molecule has 0 atom stereocenters. The molecule has 0 N–H and O–H groups in total. The number of nitrogens with zero attached hydrogens (tertiary/aromatic N) is 1. The van der Waals surface area contributed by atoms with Gasteiger partial charge in [-0.15, -0.1) is 0 Å². The number of hydrogen-bond donors (Lipinski definition) is 0. The lowest BCUT2D eigenvalue weighted by Gasteiger charge is -2.30. The SMILES string of the molecule is CCN(C(=O)C(C)(C)CC)c1ccccc1. The largest absolute Gasteiger partial charge is 0.312 e. The van der Waals surface area contributed by atoms with Crippen LogP contribution in [0.15, 0.2) is 30.3 Å². The summed E-state index contributed by atoms with van der Waals surface area (Å²) in [6, 6.07) is 9.85. The van der Waals surface area contributed by atoms with E-state index in [1.54, 1.807) is 0 Å². The molecule has 1 aromatic rings. The molecular formula is C14H21NO. The van der Waals surface area contributed by atoms with Crippen LogP contribution < -0.4 is 4.90 Å². The summed E-state index contributed by atoms with van der Waals surface area (Å²) in [7, 11) is 0. The molecule has 0 heterocycles. The molecule has 0 fully saturated rings. The van der Waals surface area contributed by atoms with Crippen molar-refractivity contribution < 1.29 is 4.79 Å². The highest BCUT2D eigenvalue weighted by Crippen LogP contribution is 2.26. The van der Waals surface area contributed by atoms with Gasteiger partial charge in [-0.1, -0.05) is 39.0 Å². The van der Waals surface area contributed by atoms with Gasteiger partial charge in [-0.3, -0.25) is 4.79 Å². The van der Waals surface area contributed by atoms with E-state index >= 15 is 0 Å². The summed E-state index contributed by atoms with van der Waals surface area (Å²) in [6.45, 7) is 8.78. The molecule has 88 valence electrons. The van der Waals surface area contributed by atoms with Gasteiger partial charge in [0.15, 0.2) is 0 Å². The van der Waals surface area contributed by atoms with E-state index in [1.165, 1.54) is 0 Å². The lowest BCUT2D eigenvalue weighted by atomic mass is 9.88. The van der Waals surface area contributed by atoms with Gasteiger partial charge in [0.25, 0.3) is 0 Å². The van der Waals surface area contributed by atoms with Crippen molar-refractivity contribution in [3.63, 3.8) is 0 Å². The monoisotopic (exact) mass is 219 g/mol. The van der Waals surface area contributed by atoms with Gasteiger partial charge < -0.3 is 4.90 Å². The van der Waals surface area contributed by atoms with Crippen LogP contribution in [0, 0.1) is 5.41 Å². The predicted octanol–water partition coefficient (Wildman–Crippen LogP) is 3.48. The molecule has 0 radical (unpaired) electrons. The maximum atomic E-state index is 12.4. The minimum Gasteiger partial charge on any atom is -0.312 e. The van der Waals surface area contributed by atoms with Gasteiger partial charge in [0.05, 0.1) is 0 Å². The Morgan fingerprint density at radius 3 is 2.19 bits per heavy atom. The van der Waals surface area contributed by atoms with Crippen molar-refractivity contribution in [1.82, 2.24) is 0 Å². The highest BCUT2D eigenvalue weighted by Gasteiger charge is 2.30. The Morgan fingerprint density at radius 2 is 1.75 bits per heavy atom. The normalized spacial score (nSPS) is 11.2. The Bertz CT molecular complexity index is 343. The third kappa shape index (κ3) is 2.63. The lowest BCUT2D eigenvalue weighted by molar-refractivity contribution is -0.126. The molecule has 0 aromatic heterocycles. The van der Waals surface area contributed by atoms with Crippen LogP contribution in [0.4, 0.5) is 5.69 Å². The summed E-state index contributed by atoms with van der Waals surface area (Å²) in [4.78, 5) is 14.2. The third-order valence-corrected chi connectivity index (χ3v) is 3.09. The van der Waals surface area contributed by atoms with E-state index in [0.29, 0.717) is 6.54 Å². The van der Waals surface area contributed by atoms with Gasteiger partial charge in [0.2, 0.25) is 5.91 Å². The molecule has 0 aliphatic carbocycles. The average molecular weight is 219 g/mol. The molecule has 1 amide bonds. The minimum absolute atomic E-state index is 0.198. The van der Waals surface area contributed by atoms with Gasteiger partial charge in [-0.2, -0.15) is 0 Å². The van der Waals surface area contributed by atoms with Crippen molar-refractivity contribution in [3.8, 4) is 0 Å². The summed E-state index contributed by atoms with van der Waals surface area (Å²) in [6.07, 6.45) is 0.856. The molecule has 0 bridgehead atoms. The van der Waals surface area contributed by atoms with Gasteiger partial charge in [0.1, 0.15) is 0 Å². The van der Waals surface area contributed by atoms with Gasteiger partial charge in [-0.05, 0) is 25.5 Å². The van der Waals surface area contributed by atoms with Crippen molar-refractivity contribution >= 4 is 11.6 Å². The first-order valence-electron chi connectivity index (χ1n) is 5.90. The van der Waals surface area contributed by atoms with Crippen molar-refractivity contribution in [2.45, 2.75) is 34.1 Å². The smallest absolute Gasteiger partial charge is 0.232 e. The minimum atomic E-state index is -0.286. The fraction of sp³-hybridized carbons (Fsp3) is 0.500. The van der Waals surface area contributed by atoms with Crippen LogP contribution in [0.2, 0.25) is 0 Å². The number of anilines is 1. The Morgan fingerprint density at radius 1 is 1.19 bits per heavy atom. The molecule has 0 unspecified atom stereocenters. The average Bonchev–Trinajstić information content (AvgIpc) is 2.31. The number of carbonyl (C=O) groups excluding carboxylic acids is 1. The van der Waals surface area contributed by atoms with Gasteiger partial charge in [0, 0.05) is 17.6 Å². The zero-order valence-electron chi connectivity index (χ0n) is 10.7. The molecule has 0 saturated heterocycles. The predicted molar refractivity (Wildman–Crippen MR) is 68.5 cm³/mol. The second-order valence-corrected chi connectivity index (χ2v) is 4.62. The van der Waals surface area contributed by atoms with E-state index in [-0.39, 0.29) is 11.3 Å². The van der Waals surface area contributed by atoms with Crippen molar-refractivity contribution in [1.29, 1.82) is 0 Å². The molecule has 2 nitrogen and oxygen atoms in total. The number of hydrogen-bond acceptors (Lipinski definition) is 1. The van der Waals surface area contributed by atoms with Crippen LogP contribution in [-0.2, 0) is 4.79 Å². The maximum Gasteiger partial charge on any atom is 0.232 e. The van der Waals surface area contributed by atoms with Crippen LogP contribution in [0.5, 0.6) is 0 Å². The highest BCUT2D eigenvalue weighted by molar-refractivity contribution is 5.97. The first-order valence-corrected chi connectivity index (χ1v) is 5.90. The Kier molecular flexibility index (Phi) is 4.11. The summed E-state index contributed by atoms with van der Waals surface area (Å²) < 4.78 is 0. The van der Waals surface area contributed by atoms with E-state index in [4.69, 9.17) is 0 Å². The Balaban J connectivity index is 2.96. The molecule has 0 aliphatic heterocycles. The Labute approximate surface area is 98.3 Å². The van der Waals surface area contributed by atoms with E-state index in [0.717, 1.165) is 12.1 Å². The first-order chi connectivity index (χ1) is 7.53. The second kappa shape index (κ2) is 5.15. The number of rotatable bonds is 4. The topological polar surface area (TPSA) is 20.3 Å². The Hall–Kier alpha value is -1.31. The fourth-order valence-electron chi connectivity index (χ4n) is 1.57. The molecule has 0 aliphatic rings. The standard InChI is InChI=1S/C14H21NO/c1-5-14(3,4)13(16)15(6-2)12-10-8-7-9-11-12/h7-11H,5-6H2,1-4H3. The van der Waals surface area contributed by atoms with Crippen LogP contribution in [0.25, 0.3) is 0 Å². The zero-order valence-corrected chi connectivity index (χ0v) is 10.7. The summed E-state index contributed by atoms with van der Waals surface area (Å²) in [5, 5.41) is 0. The number of benzene rings is 1. The van der Waals surface area contributed by atoms with Crippen molar-refractivity contribution in [2.24, 2.45) is 5.41 Å². The molecule has 1 rings (SSSR count). The third-order valence-electron chi connectivity index (χ3n) is 3.09. The quantitative estimate of drug-likeness (QED) is 0.759. The van der Waals surface area contributed by atoms with E-state index in [2.05, 4.69) is 6.92 Å². The summed E-state index contributed by atoms with van der Waals surface area (Å²) in [5.41, 5.74) is 0.697. The number of carbonyl (C=O) groups is 1. The summed E-state index contributed by atoms with van der Waals surface area (Å²) in [5.74, 6) is 0.198. The van der Waals surface area contributed by atoms with Crippen LogP contribution in [0.3, 0.4) is 0 Å². The van der Waals surface area contributed by atoms with Crippen molar-refractivity contribution in [3.05, 3.63) is 30.3 Å². The lowest BCUT2D eigenvalue weighted by Crippen LogP contribution is -2.40. The van der Waals surface area contributed by atoms with Crippen LogP contribution >= 0.6 is 0 Å². The van der Waals surface area contributed by atoms with Crippen LogP contribution in [0.1, 0.15) is 34.1 Å². The molecule has 2 heteroatoms. The number of para-hydroxylation sites is 1. The van der Waals surface area contributed by atoms with Gasteiger partial charge >= 0.3 is 0 Å². The highest BCUT2D eigenvalue weighted by atomic mass is 16.2. The van der Waals surface area contributed by atoms with Crippen molar-refractivity contribution in [2.75, 3.05) is 11.4 Å². The van der Waals surface area contributed by atoms with E-state index in [9.17, 15) is 4.79 Å². The van der Waals surface area contributed by atoms with E-state index in [1.807, 2.05) is 56.0 Å². The van der Waals surface area contributed by atoms with Crippen LogP contribution in [-0.4, -0.2) is 12.5 Å².